The van der Waals surface area contributed by atoms with E-state index in [9.17, 15) is 19.8 Å². The lowest BCUT2D eigenvalue weighted by molar-refractivity contribution is 0.0975. The van der Waals surface area contributed by atoms with Gasteiger partial charge in [0, 0.05) is 16.8 Å². The van der Waals surface area contributed by atoms with Gasteiger partial charge >= 0.3 is 0 Å². The summed E-state index contributed by atoms with van der Waals surface area (Å²) in [6.45, 7) is 2.72. The van der Waals surface area contributed by atoms with Crippen LogP contribution >= 0.6 is 0 Å². The van der Waals surface area contributed by atoms with Crippen LogP contribution in [-0.4, -0.2) is 28.4 Å². The van der Waals surface area contributed by atoms with Crippen molar-refractivity contribution < 1.29 is 24.5 Å². The standard InChI is InChI=1S/C24H21NO5/c1-2-3-12-30-14-6-4-13(5-7-14)15-8-9-16-19(22(15)27)24(29)20-17(25)10-11-18(26)21(20)23(16)28/h4-11,26-27H,2-3,12,25H2,1H3. The quantitative estimate of drug-likeness (QED) is 0.260. The molecule has 0 spiro atoms. The molecule has 6 heteroatoms. The van der Waals surface area contributed by atoms with Crippen molar-refractivity contribution in [1.82, 2.24) is 0 Å². The van der Waals surface area contributed by atoms with E-state index in [2.05, 4.69) is 6.92 Å². The molecule has 30 heavy (non-hydrogen) atoms. The van der Waals surface area contributed by atoms with E-state index < -0.39 is 11.6 Å². The van der Waals surface area contributed by atoms with Gasteiger partial charge in [-0.2, -0.15) is 0 Å². The van der Waals surface area contributed by atoms with Gasteiger partial charge in [0.05, 0.1) is 23.3 Å². The second-order valence-corrected chi connectivity index (χ2v) is 7.19. The number of ether oxygens (including phenoxy) is 1. The van der Waals surface area contributed by atoms with E-state index in [1.165, 1.54) is 18.2 Å². The molecule has 3 aromatic rings. The van der Waals surface area contributed by atoms with Crippen molar-refractivity contribution in [2.24, 2.45) is 0 Å². The minimum atomic E-state index is -0.591. The molecule has 4 rings (SSSR count). The minimum Gasteiger partial charge on any atom is -0.507 e. The average molecular weight is 403 g/mol. The van der Waals surface area contributed by atoms with Crippen molar-refractivity contribution >= 4 is 17.3 Å². The number of carbonyl (C=O) groups excluding carboxylic acids is 2. The van der Waals surface area contributed by atoms with E-state index in [1.807, 2.05) is 0 Å². The molecule has 1 aliphatic rings. The number of rotatable bonds is 5. The first-order valence-corrected chi connectivity index (χ1v) is 9.74. The van der Waals surface area contributed by atoms with Gasteiger partial charge in [0.1, 0.15) is 17.2 Å². The number of anilines is 1. The lowest BCUT2D eigenvalue weighted by Gasteiger charge is -2.22. The molecule has 152 valence electrons. The Kier molecular flexibility index (Phi) is 4.91. The number of phenolic OH excluding ortho intramolecular Hbond substituents is 2. The number of hydrogen-bond donors (Lipinski definition) is 3. The summed E-state index contributed by atoms with van der Waals surface area (Å²) < 4.78 is 5.65. The first kappa shape index (κ1) is 19.5. The molecule has 0 saturated carbocycles. The number of benzene rings is 3. The first-order chi connectivity index (χ1) is 14.4. The summed E-state index contributed by atoms with van der Waals surface area (Å²) in [6, 6.07) is 12.9. The zero-order valence-electron chi connectivity index (χ0n) is 16.4. The van der Waals surface area contributed by atoms with Gasteiger partial charge in [-0.25, -0.2) is 0 Å². The molecule has 0 unspecified atom stereocenters. The molecule has 0 aliphatic heterocycles. The molecule has 0 bridgehead atoms. The zero-order valence-corrected chi connectivity index (χ0v) is 16.4. The Balaban J connectivity index is 1.76. The second kappa shape index (κ2) is 7.55. The van der Waals surface area contributed by atoms with Crippen LogP contribution < -0.4 is 10.5 Å². The number of nitrogens with two attached hydrogens (primary N) is 1. The Labute approximate surface area is 173 Å². The van der Waals surface area contributed by atoms with Crippen molar-refractivity contribution in [1.29, 1.82) is 0 Å². The van der Waals surface area contributed by atoms with Crippen LogP contribution in [-0.2, 0) is 0 Å². The van der Waals surface area contributed by atoms with Crippen molar-refractivity contribution in [2.75, 3.05) is 12.3 Å². The predicted octanol–water partition coefficient (Wildman–Crippen LogP) is 4.30. The lowest BCUT2D eigenvalue weighted by Crippen LogP contribution is -2.22. The Hall–Kier alpha value is -3.80. The molecule has 0 aromatic heterocycles. The summed E-state index contributed by atoms with van der Waals surface area (Å²) in [5.74, 6) is -1.03. The number of aromatic hydroxyl groups is 2. The maximum atomic E-state index is 13.1. The maximum Gasteiger partial charge on any atom is 0.200 e. The highest BCUT2D eigenvalue weighted by molar-refractivity contribution is 6.32. The lowest BCUT2D eigenvalue weighted by atomic mass is 9.81. The highest BCUT2D eigenvalue weighted by atomic mass is 16.5. The number of phenols is 2. The molecular weight excluding hydrogens is 382 g/mol. The number of unbranched alkanes of at least 4 members (excludes halogenated alkanes) is 1. The molecule has 0 heterocycles. The molecular formula is C24H21NO5. The number of fused-ring (bicyclic) bond motifs is 2. The third-order valence-electron chi connectivity index (χ3n) is 5.25. The van der Waals surface area contributed by atoms with Gasteiger partial charge in [0.2, 0.25) is 0 Å². The monoisotopic (exact) mass is 403 g/mol. The van der Waals surface area contributed by atoms with E-state index in [-0.39, 0.29) is 39.4 Å². The van der Waals surface area contributed by atoms with Gasteiger partial charge in [0.15, 0.2) is 11.6 Å². The summed E-state index contributed by atoms with van der Waals surface area (Å²) in [6.07, 6.45) is 2.00. The van der Waals surface area contributed by atoms with Crippen LogP contribution in [0.2, 0.25) is 0 Å². The second-order valence-electron chi connectivity index (χ2n) is 7.19. The SMILES string of the molecule is CCCCOc1ccc(-c2ccc3c(c2O)C(=O)c2c(N)ccc(O)c2C3=O)cc1. The summed E-state index contributed by atoms with van der Waals surface area (Å²) >= 11 is 0. The number of carbonyl (C=O) groups is 2. The van der Waals surface area contributed by atoms with Crippen LogP contribution in [0.5, 0.6) is 17.2 Å². The van der Waals surface area contributed by atoms with Gasteiger partial charge in [0.25, 0.3) is 0 Å². The van der Waals surface area contributed by atoms with Gasteiger partial charge < -0.3 is 20.7 Å². The molecule has 4 N–H and O–H groups in total. The molecule has 0 atom stereocenters. The topological polar surface area (TPSA) is 110 Å². The summed E-state index contributed by atoms with van der Waals surface area (Å²) in [5, 5.41) is 21.0. The molecule has 0 fully saturated rings. The van der Waals surface area contributed by atoms with Gasteiger partial charge in [-0.05, 0) is 48.4 Å². The molecule has 1 aliphatic carbocycles. The van der Waals surface area contributed by atoms with E-state index >= 15 is 0 Å². The number of nitrogen functional groups attached to an aromatic ring is 1. The van der Waals surface area contributed by atoms with Gasteiger partial charge in [-0.15, -0.1) is 0 Å². The third-order valence-corrected chi connectivity index (χ3v) is 5.25. The molecule has 0 amide bonds. The highest BCUT2D eigenvalue weighted by Gasteiger charge is 2.36. The van der Waals surface area contributed by atoms with Crippen LogP contribution in [0.4, 0.5) is 5.69 Å². The van der Waals surface area contributed by atoms with E-state index in [1.54, 1.807) is 30.3 Å². The molecule has 3 aromatic carbocycles. The fraction of sp³-hybridized carbons (Fsp3) is 0.167. The largest absolute Gasteiger partial charge is 0.507 e. The fourth-order valence-corrected chi connectivity index (χ4v) is 3.65. The highest BCUT2D eigenvalue weighted by Crippen LogP contribution is 2.42. The molecule has 6 nitrogen and oxygen atoms in total. The minimum absolute atomic E-state index is 0.0363. The van der Waals surface area contributed by atoms with Crippen molar-refractivity contribution in [3.05, 3.63) is 70.8 Å². The Morgan fingerprint density at radius 2 is 1.53 bits per heavy atom. The molecule has 0 saturated heterocycles. The van der Waals surface area contributed by atoms with Gasteiger partial charge in [-0.3, -0.25) is 9.59 Å². The number of ketones is 2. The van der Waals surface area contributed by atoms with Crippen LogP contribution in [0.25, 0.3) is 11.1 Å². The Bertz CT molecular complexity index is 1170. The Morgan fingerprint density at radius 3 is 2.23 bits per heavy atom. The summed E-state index contributed by atoms with van der Waals surface area (Å²) in [4.78, 5) is 26.0. The first-order valence-electron chi connectivity index (χ1n) is 9.74. The van der Waals surface area contributed by atoms with E-state index in [0.717, 1.165) is 12.8 Å². The maximum absolute atomic E-state index is 13.1. The summed E-state index contributed by atoms with van der Waals surface area (Å²) in [5.41, 5.74) is 6.78. The van der Waals surface area contributed by atoms with Crippen molar-refractivity contribution in [3.63, 3.8) is 0 Å². The summed E-state index contributed by atoms with van der Waals surface area (Å²) in [7, 11) is 0. The van der Waals surface area contributed by atoms with E-state index in [0.29, 0.717) is 23.5 Å². The van der Waals surface area contributed by atoms with Crippen LogP contribution in [0.15, 0.2) is 48.5 Å². The smallest absolute Gasteiger partial charge is 0.200 e. The van der Waals surface area contributed by atoms with Crippen LogP contribution in [0.3, 0.4) is 0 Å². The van der Waals surface area contributed by atoms with Crippen molar-refractivity contribution in [3.8, 4) is 28.4 Å². The average Bonchev–Trinajstić information content (AvgIpc) is 2.74. The fourth-order valence-electron chi connectivity index (χ4n) is 3.65. The normalized spacial score (nSPS) is 12.4. The number of hydrogen-bond acceptors (Lipinski definition) is 6. The third kappa shape index (κ3) is 3.06. The van der Waals surface area contributed by atoms with E-state index in [4.69, 9.17) is 10.5 Å². The van der Waals surface area contributed by atoms with Gasteiger partial charge in [-0.1, -0.05) is 25.5 Å². The van der Waals surface area contributed by atoms with Crippen molar-refractivity contribution in [2.45, 2.75) is 19.8 Å². The van der Waals surface area contributed by atoms with Crippen LogP contribution in [0.1, 0.15) is 51.6 Å². The Morgan fingerprint density at radius 1 is 0.833 bits per heavy atom. The predicted molar refractivity (Wildman–Crippen MR) is 113 cm³/mol. The van der Waals surface area contributed by atoms with Crippen LogP contribution in [0, 0.1) is 0 Å². The zero-order chi connectivity index (χ0) is 21.4. The molecule has 0 radical (unpaired) electrons.